The first-order valence-electron chi connectivity index (χ1n) is 5.24. The molecule has 4 nitrogen and oxygen atoms in total. The van der Waals surface area contributed by atoms with Crippen LogP contribution < -0.4 is 0 Å². The normalized spacial score (nSPS) is 29.6. The lowest BCUT2D eigenvalue weighted by Gasteiger charge is -2.26. The van der Waals surface area contributed by atoms with Crippen LogP contribution in [0.15, 0.2) is 23.3 Å². The van der Waals surface area contributed by atoms with Gasteiger partial charge in [-0.2, -0.15) is 0 Å². The van der Waals surface area contributed by atoms with Gasteiger partial charge in [-0.1, -0.05) is 23.9 Å². The molecule has 2 unspecified atom stereocenters. The summed E-state index contributed by atoms with van der Waals surface area (Å²) in [6, 6.07) is 0. The number of aliphatic hydroxyl groups excluding tert-OH is 1. The summed E-state index contributed by atoms with van der Waals surface area (Å²) >= 11 is 1.57. The second-order valence-electron chi connectivity index (χ2n) is 3.67. The van der Waals surface area contributed by atoms with Crippen molar-refractivity contribution in [2.75, 3.05) is 19.0 Å². The number of cyclic esters (lactones) is 1. The quantitative estimate of drug-likeness (QED) is 0.750. The van der Waals surface area contributed by atoms with Gasteiger partial charge in [0, 0.05) is 12.2 Å². The zero-order valence-corrected chi connectivity index (χ0v) is 9.61. The third kappa shape index (κ3) is 2.80. The van der Waals surface area contributed by atoms with Crippen LogP contribution in [0.4, 0.5) is 0 Å². The highest BCUT2D eigenvalue weighted by Gasteiger charge is 2.33. The highest BCUT2D eigenvalue weighted by Crippen LogP contribution is 2.24. The van der Waals surface area contributed by atoms with Crippen molar-refractivity contribution in [1.29, 1.82) is 0 Å². The standard InChI is InChI=1S/C11H14O4S/c12-9-4-5-14-11(13)8(9)7-15-10-3-1-2-6-16-10/h1-3,8-9,12H,4-7H2. The van der Waals surface area contributed by atoms with E-state index in [0.717, 1.165) is 10.8 Å². The van der Waals surface area contributed by atoms with Gasteiger partial charge < -0.3 is 14.6 Å². The van der Waals surface area contributed by atoms with Gasteiger partial charge >= 0.3 is 5.97 Å². The molecule has 0 aliphatic carbocycles. The van der Waals surface area contributed by atoms with Gasteiger partial charge in [0.15, 0.2) is 5.09 Å². The van der Waals surface area contributed by atoms with E-state index in [0.29, 0.717) is 13.0 Å². The van der Waals surface area contributed by atoms with E-state index < -0.39 is 12.0 Å². The number of carbonyl (C=O) groups is 1. The Morgan fingerprint density at radius 3 is 3.19 bits per heavy atom. The van der Waals surface area contributed by atoms with Crippen LogP contribution in [0.1, 0.15) is 6.42 Å². The molecule has 1 N–H and O–H groups in total. The molecule has 0 radical (unpaired) electrons. The number of allylic oxidation sites excluding steroid dienone is 2. The van der Waals surface area contributed by atoms with Gasteiger partial charge in [0.25, 0.3) is 0 Å². The zero-order chi connectivity index (χ0) is 11.4. The van der Waals surface area contributed by atoms with Crippen molar-refractivity contribution in [2.24, 2.45) is 5.92 Å². The average Bonchev–Trinajstić information content (AvgIpc) is 2.30. The molecule has 0 aromatic heterocycles. The Morgan fingerprint density at radius 2 is 2.50 bits per heavy atom. The molecular weight excluding hydrogens is 228 g/mol. The number of esters is 1. The van der Waals surface area contributed by atoms with Gasteiger partial charge in [0.2, 0.25) is 0 Å². The van der Waals surface area contributed by atoms with E-state index in [-0.39, 0.29) is 12.6 Å². The number of hydrogen-bond acceptors (Lipinski definition) is 5. The van der Waals surface area contributed by atoms with Crippen molar-refractivity contribution in [1.82, 2.24) is 0 Å². The molecule has 0 bridgehead atoms. The van der Waals surface area contributed by atoms with Crippen molar-refractivity contribution in [3.8, 4) is 0 Å². The largest absolute Gasteiger partial charge is 0.486 e. The summed E-state index contributed by atoms with van der Waals surface area (Å²) in [4.78, 5) is 11.4. The molecule has 2 rings (SSSR count). The highest BCUT2D eigenvalue weighted by molar-refractivity contribution is 8.03. The Balaban J connectivity index is 1.86. The van der Waals surface area contributed by atoms with Crippen LogP contribution in [0.25, 0.3) is 0 Å². The number of hydrogen-bond donors (Lipinski definition) is 1. The molecule has 0 aromatic carbocycles. The monoisotopic (exact) mass is 242 g/mol. The SMILES string of the molecule is O=C1OCCC(O)C1COC1=CC=CCS1. The van der Waals surface area contributed by atoms with Crippen LogP contribution in [0.2, 0.25) is 0 Å². The topological polar surface area (TPSA) is 55.8 Å². The minimum atomic E-state index is -0.647. The number of thioether (sulfide) groups is 1. The van der Waals surface area contributed by atoms with Crippen LogP contribution in [0.5, 0.6) is 0 Å². The van der Waals surface area contributed by atoms with Gasteiger partial charge in [-0.15, -0.1) is 0 Å². The summed E-state index contributed by atoms with van der Waals surface area (Å²) < 4.78 is 10.4. The van der Waals surface area contributed by atoms with Gasteiger partial charge in [0.1, 0.15) is 12.5 Å². The lowest BCUT2D eigenvalue weighted by atomic mass is 9.99. The van der Waals surface area contributed by atoms with Crippen molar-refractivity contribution in [3.63, 3.8) is 0 Å². The van der Waals surface area contributed by atoms with E-state index in [1.807, 2.05) is 18.2 Å². The predicted molar refractivity (Wildman–Crippen MR) is 60.7 cm³/mol. The maximum Gasteiger partial charge on any atom is 0.315 e. The molecule has 0 saturated carbocycles. The summed E-state index contributed by atoms with van der Waals surface area (Å²) in [5.74, 6) is -0.0411. The van der Waals surface area contributed by atoms with Crippen molar-refractivity contribution >= 4 is 17.7 Å². The minimum absolute atomic E-state index is 0.187. The van der Waals surface area contributed by atoms with Gasteiger partial charge in [-0.3, -0.25) is 4.79 Å². The highest BCUT2D eigenvalue weighted by atomic mass is 32.2. The fourth-order valence-corrected chi connectivity index (χ4v) is 2.26. The molecule has 2 aliphatic rings. The van der Waals surface area contributed by atoms with Gasteiger partial charge in [-0.05, 0) is 6.08 Å². The second-order valence-corrected chi connectivity index (χ2v) is 4.69. The summed E-state index contributed by atoms with van der Waals surface area (Å²) in [6.07, 6.45) is 5.65. The fraction of sp³-hybridized carbons (Fsp3) is 0.545. The zero-order valence-electron chi connectivity index (χ0n) is 8.80. The molecule has 0 spiro atoms. The Kier molecular flexibility index (Phi) is 3.90. The summed E-state index contributed by atoms with van der Waals surface area (Å²) in [5.41, 5.74) is 0. The molecule has 2 aliphatic heterocycles. The smallest absolute Gasteiger partial charge is 0.315 e. The lowest BCUT2D eigenvalue weighted by molar-refractivity contribution is -0.163. The summed E-state index contributed by atoms with van der Waals surface area (Å²) in [5, 5.41) is 10.4. The van der Waals surface area contributed by atoms with Crippen LogP contribution in [-0.2, 0) is 14.3 Å². The summed E-state index contributed by atoms with van der Waals surface area (Å²) in [6.45, 7) is 0.489. The molecular formula is C11H14O4S. The first-order valence-corrected chi connectivity index (χ1v) is 6.23. The van der Waals surface area contributed by atoms with Crippen LogP contribution in [-0.4, -0.2) is 36.1 Å². The number of rotatable bonds is 3. The molecule has 0 aromatic rings. The van der Waals surface area contributed by atoms with Crippen molar-refractivity contribution < 1.29 is 19.4 Å². The maximum atomic E-state index is 11.4. The van der Waals surface area contributed by atoms with E-state index in [2.05, 4.69) is 0 Å². The Morgan fingerprint density at radius 1 is 1.62 bits per heavy atom. The molecule has 0 amide bonds. The van der Waals surface area contributed by atoms with Crippen molar-refractivity contribution in [3.05, 3.63) is 23.3 Å². The minimum Gasteiger partial charge on any atom is -0.486 e. The molecule has 1 saturated heterocycles. The molecule has 16 heavy (non-hydrogen) atoms. The Hall–Kier alpha value is -0.940. The Labute approximate surface area is 98.3 Å². The third-order valence-corrected chi connectivity index (χ3v) is 3.42. The van der Waals surface area contributed by atoms with Crippen molar-refractivity contribution in [2.45, 2.75) is 12.5 Å². The van der Waals surface area contributed by atoms with Crippen LogP contribution >= 0.6 is 11.8 Å². The third-order valence-electron chi connectivity index (χ3n) is 2.52. The van der Waals surface area contributed by atoms with E-state index in [1.54, 1.807) is 11.8 Å². The summed E-state index contributed by atoms with van der Waals surface area (Å²) in [7, 11) is 0. The first-order chi connectivity index (χ1) is 7.77. The molecule has 5 heteroatoms. The Bertz CT molecular complexity index is 324. The molecule has 2 atom stereocenters. The van der Waals surface area contributed by atoms with E-state index in [1.165, 1.54) is 0 Å². The van der Waals surface area contributed by atoms with E-state index >= 15 is 0 Å². The maximum absolute atomic E-state index is 11.4. The predicted octanol–water partition coefficient (Wildman–Crippen LogP) is 1.07. The van der Waals surface area contributed by atoms with Crippen LogP contribution in [0, 0.1) is 5.92 Å². The van der Waals surface area contributed by atoms with E-state index in [9.17, 15) is 9.90 Å². The fourth-order valence-electron chi connectivity index (χ4n) is 1.57. The first kappa shape index (κ1) is 11.5. The van der Waals surface area contributed by atoms with Crippen LogP contribution in [0.3, 0.4) is 0 Å². The number of aliphatic hydroxyl groups is 1. The molecule has 1 fully saturated rings. The second kappa shape index (κ2) is 5.41. The van der Waals surface area contributed by atoms with Gasteiger partial charge in [-0.25, -0.2) is 0 Å². The van der Waals surface area contributed by atoms with Gasteiger partial charge in [0.05, 0.1) is 12.7 Å². The molecule has 88 valence electrons. The lowest BCUT2D eigenvalue weighted by Crippen LogP contribution is -2.39. The number of ether oxygens (including phenoxy) is 2. The molecule has 2 heterocycles. The average molecular weight is 242 g/mol. The number of carbonyl (C=O) groups excluding carboxylic acids is 1. The van der Waals surface area contributed by atoms with E-state index in [4.69, 9.17) is 9.47 Å².